The third-order valence-corrected chi connectivity index (χ3v) is 12.8. The van der Waals surface area contributed by atoms with Gasteiger partial charge in [0.1, 0.15) is 0 Å². The normalized spacial score (nSPS) is 13.0. The van der Waals surface area contributed by atoms with Crippen molar-refractivity contribution in [2.24, 2.45) is 0 Å². The molecule has 0 saturated carbocycles. The van der Waals surface area contributed by atoms with E-state index in [1.807, 2.05) is 32.0 Å². The van der Waals surface area contributed by atoms with E-state index in [2.05, 4.69) is 74.0 Å². The Bertz CT molecular complexity index is 1610. The number of benzene rings is 3. The monoisotopic (exact) mass is 785 g/mol. The topological polar surface area (TPSA) is 79.4 Å². The lowest BCUT2D eigenvalue weighted by atomic mass is 10.1. The molecule has 1 aliphatic rings. The molecule has 0 bridgehead atoms. The number of hydrogen-bond acceptors (Lipinski definition) is 6. The van der Waals surface area contributed by atoms with Crippen molar-refractivity contribution in [1.82, 2.24) is 4.98 Å². The van der Waals surface area contributed by atoms with E-state index >= 15 is 0 Å². The summed E-state index contributed by atoms with van der Waals surface area (Å²) >= 11 is 16.5. The van der Waals surface area contributed by atoms with Crippen LogP contribution in [0.4, 0.5) is 11.4 Å². The van der Waals surface area contributed by atoms with Gasteiger partial charge in [0.25, 0.3) is 11.8 Å². The van der Waals surface area contributed by atoms with Gasteiger partial charge >= 0.3 is 0 Å². The summed E-state index contributed by atoms with van der Waals surface area (Å²) in [6.45, 7) is 4.03. The highest BCUT2D eigenvalue weighted by Crippen LogP contribution is 2.46. The number of nitrogens with one attached hydrogen (secondary N) is 1. The molecule has 37 heavy (non-hydrogen) atoms. The van der Waals surface area contributed by atoms with Crippen molar-refractivity contribution in [3.05, 3.63) is 76.5 Å². The third kappa shape index (κ3) is 4.96. The highest BCUT2D eigenvalue weighted by atomic mass is 79.9. The van der Waals surface area contributed by atoms with Crippen LogP contribution in [0, 0.1) is 13.8 Å². The summed E-state index contributed by atoms with van der Waals surface area (Å²) in [5.41, 5.74) is 4.83. The summed E-state index contributed by atoms with van der Waals surface area (Å²) in [5, 5.41) is 2.92. The molecule has 0 aliphatic carbocycles. The molecule has 3 aromatic carbocycles. The Morgan fingerprint density at radius 3 is 2.19 bits per heavy atom. The number of aromatic nitrogens is 1. The van der Waals surface area contributed by atoms with Crippen molar-refractivity contribution in [2.45, 2.75) is 18.2 Å². The maximum absolute atomic E-state index is 13.3. The second-order valence-corrected chi connectivity index (χ2v) is 13.6. The molecule has 0 fully saturated rings. The van der Waals surface area contributed by atoms with E-state index in [1.54, 1.807) is 18.2 Å². The minimum absolute atomic E-state index is 0.118. The molecule has 0 spiro atoms. The quantitative estimate of drug-likeness (QED) is 0.0951. The van der Waals surface area contributed by atoms with E-state index in [4.69, 9.17) is 0 Å². The summed E-state index contributed by atoms with van der Waals surface area (Å²) in [6.07, 6.45) is 0. The fraction of sp³-hybridized carbons (Fsp3) is 0.120. The molecule has 6 nitrogen and oxygen atoms in total. The summed E-state index contributed by atoms with van der Waals surface area (Å²) in [7, 11) is 0. The molecule has 0 atom stereocenters. The maximum atomic E-state index is 13.3. The van der Waals surface area contributed by atoms with Crippen molar-refractivity contribution in [3.8, 4) is 0 Å². The number of fused-ring (bicyclic) bond motifs is 2. The number of rotatable bonds is 5. The van der Waals surface area contributed by atoms with Gasteiger partial charge in [-0.15, -0.1) is 11.3 Å². The number of anilines is 2. The van der Waals surface area contributed by atoms with E-state index in [0.29, 0.717) is 34.7 Å². The Morgan fingerprint density at radius 1 is 0.919 bits per heavy atom. The van der Waals surface area contributed by atoms with Crippen LogP contribution in [0.2, 0.25) is 0 Å². The fourth-order valence-corrected chi connectivity index (χ4v) is 8.18. The lowest BCUT2D eigenvalue weighted by molar-refractivity contribution is -0.113. The van der Waals surface area contributed by atoms with Crippen molar-refractivity contribution in [2.75, 3.05) is 16.0 Å². The predicted molar refractivity (Wildman–Crippen MR) is 163 cm³/mol. The number of nitrogens with zero attached hydrogens (tertiary/aromatic N) is 2. The number of hydrogen-bond donors (Lipinski definition) is 1. The van der Waals surface area contributed by atoms with Gasteiger partial charge in [0.05, 0.1) is 32.8 Å². The van der Waals surface area contributed by atoms with E-state index in [0.717, 1.165) is 25.8 Å². The molecular formula is C25H15Br4N3O3S2. The van der Waals surface area contributed by atoms with Crippen LogP contribution < -0.4 is 10.2 Å². The number of thioether (sulfide) groups is 1. The summed E-state index contributed by atoms with van der Waals surface area (Å²) < 4.78 is 3.84. The third-order valence-electron chi connectivity index (χ3n) is 5.83. The molecule has 1 aromatic heterocycles. The van der Waals surface area contributed by atoms with Gasteiger partial charge in [-0.05, 0) is 119 Å². The molecule has 5 rings (SSSR count). The van der Waals surface area contributed by atoms with Crippen LogP contribution in [0.25, 0.3) is 10.2 Å². The van der Waals surface area contributed by atoms with Crippen molar-refractivity contribution >= 4 is 126 Å². The lowest BCUT2D eigenvalue weighted by Crippen LogP contribution is -2.29. The minimum atomic E-state index is -0.415. The molecule has 188 valence electrons. The Balaban J connectivity index is 1.35. The first-order valence-electron chi connectivity index (χ1n) is 10.7. The van der Waals surface area contributed by atoms with Crippen LogP contribution >= 0.6 is 86.8 Å². The number of halogens is 4. The molecular weight excluding hydrogens is 774 g/mol. The number of imide groups is 1. The van der Waals surface area contributed by atoms with E-state index < -0.39 is 11.8 Å². The smallest absolute Gasteiger partial charge is 0.267 e. The second kappa shape index (κ2) is 10.5. The lowest BCUT2D eigenvalue weighted by Gasteiger charge is -2.13. The van der Waals surface area contributed by atoms with Gasteiger partial charge in [0.15, 0.2) is 4.34 Å². The Kier molecular flexibility index (Phi) is 7.69. The van der Waals surface area contributed by atoms with Crippen molar-refractivity contribution in [3.63, 3.8) is 0 Å². The highest BCUT2D eigenvalue weighted by Gasteiger charge is 2.42. The summed E-state index contributed by atoms with van der Waals surface area (Å²) in [5.74, 6) is -0.735. The molecule has 0 saturated heterocycles. The van der Waals surface area contributed by atoms with Crippen LogP contribution in [0.3, 0.4) is 0 Å². The first kappa shape index (κ1) is 27.0. The number of amides is 3. The zero-order valence-corrected chi connectivity index (χ0v) is 27.1. The first-order valence-corrected chi connectivity index (χ1v) is 15.7. The number of carbonyl (C=O) groups excluding carboxylic acids is 3. The Morgan fingerprint density at radius 2 is 1.57 bits per heavy atom. The maximum Gasteiger partial charge on any atom is 0.267 e. The molecule has 0 radical (unpaired) electrons. The van der Waals surface area contributed by atoms with Crippen LogP contribution in [0.15, 0.2) is 58.6 Å². The predicted octanol–water partition coefficient (Wildman–Crippen LogP) is 8.49. The second-order valence-electron chi connectivity index (χ2n) is 8.22. The fourth-order valence-electron chi connectivity index (χ4n) is 3.82. The Labute approximate surface area is 254 Å². The van der Waals surface area contributed by atoms with Gasteiger partial charge < -0.3 is 5.32 Å². The largest absolute Gasteiger partial charge is 0.325 e. The Hall–Kier alpha value is -1.57. The van der Waals surface area contributed by atoms with Gasteiger partial charge in [0, 0.05) is 23.6 Å². The first-order chi connectivity index (χ1) is 17.6. The van der Waals surface area contributed by atoms with Gasteiger partial charge in [-0.3, -0.25) is 14.4 Å². The van der Waals surface area contributed by atoms with Crippen LogP contribution in [0.1, 0.15) is 31.8 Å². The number of aryl methyl sites for hydroxylation is 2. The summed E-state index contributed by atoms with van der Waals surface area (Å²) in [6, 6.07) is 11.1. The zero-order valence-electron chi connectivity index (χ0n) is 19.1. The van der Waals surface area contributed by atoms with Gasteiger partial charge in [0.2, 0.25) is 5.91 Å². The van der Waals surface area contributed by atoms with Crippen molar-refractivity contribution in [1.29, 1.82) is 0 Å². The molecule has 0 unspecified atom stereocenters. The number of thiazole rings is 1. The minimum Gasteiger partial charge on any atom is -0.325 e. The molecule has 2 heterocycles. The van der Waals surface area contributed by atoms with Gasteiger partial charge in [-0.1, -0.05) is 17.8 Å². The number of carbonyl (C=O) groups is 3. The van der Waals surface area contributed by atoms with Crippen molar-refractivity contribution < 1.29 is 14.4 Å². The van der Waals surface area contributed by atoms with Crippen LogP contribution in [-0.4, -0.2) is 28.5 Å². The molecule has 1 N–H and O–H groups in total. The van der Waals surface area contributed by atoms with E-state index in [1.165, 1.54) is 33.6 Å². The van der Waals surface area contributed by atoms with E-state index in [9.17, 15) is 14.4 Å². The van der Waals surface area contributed by atoms with E-state index in [-0.39, 0.29) is 11.7 Å². The highest BCUT2D eigenvalue weighted by molar-refractivity contribution is 9.15. The average molecular weight is 789 g/mol. The van der Waals surface area contributed by atoms with Gasteiger partial charge in [-0.25, -0.2) is 9.88 Å². The van der Waals surface area contributed by atoms with Crippen LogP contribution in [0.5, 0.6) is 0 Å². The zero-order chi connectivity index (χ0) is 26.6. The SMILES string of the molecule is Cc1ccc(NC(=O)CSc2nc3ccc(N4C(=O)c5c(Br)c(Br)c(Br)c(Br)c5C4=O)cc3s2)cc1C. The molecule has 1 aliphatic heterocycles. The van der Waals surface area contributed by atoms with Gasteiger partial charge in [-0.2, -0.15) is 0 Å². The molecule has 4 aromatic rings. The molecule has 3 amide bonds. The average Bonchev–Trinajstić information content (AvgIpc) is 3.39. The van der Waals surface area contributed by atoms with Crippen LogP contribution in [-0.2, 0) is 4.79 Å². The summed E-state index contributed by atoms with van der Waals surface area (Å²) in [4.78, 5) is 44.8. The molecule has 12 heteroatoms. The standard InChI is InChI=1S/C25H15Br4N3O3S2/c1-10-3-4-12(7-11(10)2)30-16(33)9-36-25-31-14-6-5-13(8-15(14)37-25)32-23(34)17-18(24(32)35)20(27)22(29)21(28)19(17)26/h3-8H,9H2,1-2H3,(H,30,33).